The van der Waals surface area contributed by atoms with Crippen molar-refractivity contribution in [3.63, 3.8) is 0 Å². The average molecular weight is 341 g/mol. The molecule has 1 aromatic carbocycles. The summed E-state index contributed by atoms with van der Waals surface area (Å²) in [6, 6.07) is 1.85. The van der Waals surface area contributed by atoms with E-state index in [1.807, 2.05) is 0 Å². The molecule has 0 unspecified atom stereocenters. The Hall–Kier alpha value is -1.30. The van der Waals surface area contributed by atoms with Gasteiger partial charge in [0.1, 0.15) is 0 Å². The monoisotopic (exact) mass is 341 g/mol. The topological polar surface area (TPSA) is 68.3 Å². The maximum atomic E-state index is 12.2. The Bertz CT molecular complexity index is 655. The number of sulfone groups is 2. The van der Waals surface area contributed by atoms with Crippen molar-refractivity contribution < 1.29 is 43.2 Å². The normalized spacial score (nSPS) is 14.3. The molecule has 113 valence electrons. The van der Waals surface area contributed by atoms with Crippen LogP contribution in [0.5, 0.6) is 0 Å². The molecular formula is C8H3F6O4S2. The Kier molecular flexibility index (Phi) is 3.87. The van der Waals surface area contributed by atoms with Gasteiger partial charge in [0.15, 0.2) is 0 Å². The summed E-state index contributed by atoms with van der Waals surface area (Å²) in [5, 5.41) is 0. The first kappa shape index (κ1) is 16.8. The van der Waals surface area contributed by atoms with Gasteiger partial charge in [0, 0.05) is 0 Å². The van der Waals surface area contributed by atoms with Gasteiger partial charge in [-0.1, -0.05) is 0 Å². The van der Waals surface area contributed by atoms with Crippen LogP contribution in [0, 0.1) is 6.07 Å². The SMILES string of the molecule is O=S(=O)(c1c[c]cc(S(=O)(=O)C(F)(F)F)c1)C(F)(F)F. The molecule has 0 saturated heterocycles. The Labute approximate surface area is 108 Å². The van der Waals surface area contributed by atoms with Crippen LogP contribution >= 0.6 is 0 Å². The first-order valence-corrected chi connectivity index (χ1v) is 7.32. The first-order valence-electron chi connectivity index (χ1n) is 4.35. The summed E-state index contributed by atoms with van der Waals surface area (Å²) in [4.78, 5) is -3.29. The molecule has 0 aromatic heterocycles. The lowest BCUT2D eigenvalue weighted by Gasteiger charge is -2.11. The highest BCUT2D eigenvalue weighted by Crippen LogP contribution is 2.34. The summed E-state index contributed by atoms with van der Waals surface area (Å²) < 4.78 is 117. The van der Waals surface area contributed by atoms with E-state index < -0.39 is 40.5 Å². The fraction of sp³-hybridized carbons (Fsp3) is 0.250. The number of benzene rings is 1. The van der Waals surface area contributed by atoms with E-state index in [2.05, 4.69) is 0 Å². The second kappa shape index (κ2) is 4.62. The van der Waals surface area contributed by atoms with E-state index in [1.54, 1.807) is 6.07 Å². The maximum Gasteiger partial charge on any atom is 0.501 e. The maximum absolute atomic E-state index is 12.2. The number of hydrogen-bond acceptors (Lipinski definition) is 4. The molecule has 0 amide bonds. The van der Waals surface area contributed by atoms with Gasteiger partial charge in [-0.05, 0) is 24.3 Å². The Morgan fingerprint density at radius 3 is 1.30 bits per heavy atom. The molecule has 0 spiro atoms. The van der Waals surface area contributed by atoms with E-state index in [0.717, 1.165) is 0 Å². The molecule has 0 aliphatic heterocycles. The van der Waals surface area contributed by atoms with Crippen LogP contribution in [0.4, 0.5) is 26.3 Å². The zero-order valence-corrected chi connectivity index (χ0v) is 10.6. The molecule has 0 aliphatic rings. The fourth-order valence-corrected chi connectivity index (χ4v) is 2.63. The second-order valence-electron chi connectivity index (χ2n) is 3.30. The lowest BCUT2D eigenvalue weighted by atomic mass is 10.4. The summed E-state index contributed by atoms with van der Waals surface area (Å²) in [5.74, 6) is 0. The van der Waals surface area contributed by atoms with E-state index in [1.165, 1.54) is 0 Å². The van der Waals surface area contributed by atoms with Crippen LogP contribution in [0.2, 0.25) is 0 Å². The van der Waals surface area contributed by atoms with Gasteiger partial charge in [-0.15, -0.1) is 0 Å². The third-order valence-corrected chi connectivity index (χ3v) is 4.90. The van der Waals surface area contributed by atoms with Gasteiger partial charge in [-0.25, -0.2) is 16.8 Å². The summed E-state index contributed by atoms with van der Waals surface area (Å²) in [7, 11) is -11.9. The number of halogens is 6. The van der Waals surface area contributed by atoms with Crippen molar-refractivity contribution in [2.45, 2.75) is 20.8 Å². The summed E-state index contributed by atoms with van der Waals surface area (Å²) in [5.41, 5.74) is -11.6. The summed E-state index contributed by atoms with van der Waals surface area (Å²) in [6.45, 7) is 0. The third-order valence-electron chi connectivity index (χ3n) is 1.97. The highest BCUT2D eigenvalue weighted by Gasteiger charge is 2.49. The molecule has 4 nitrogen and oxygen atoms in total. The molecule has 0 aliphatic carbocycles. The van der Waals surface area contributed by atoms with Gasteiger partial charge in [0.2, 0.25) is 0 Å². The molecule has 20 heavy (non-hydrogen) atoms. The minimum Gasteiger partial charge on any atom is -0.214 e. The minimum absolute atomic E-state index is 0.220. The minimum atomic E-state index is -5.97. The number of rotatable bonds is 2. The van der Waals surface area contributed by atoms with Crippen molar-refractivity contribution in [3.8, 4) is 0 Å². The Balaban J connectivity index is 3.53. The van der Waals surface area contributed by atoms with Crippen LogP contribution in [0.25, 0.3) is 0 Å². The van der Waals surface area contributed by atoms with E-state index in [4.69, 9.17) is 0 Å². The third kappa shape index (κ3) is 2.75. The molecule has 12 heteroatoms. The lowest BCUT2D eigenvalue weighted by Crippen LogP contribution is -2.25. The first-order chi connectivity index (χ1) is 8.71. The number of alkyl halides is 6. The van der Waals surface area contributed by atoms with Crippen LogP contribution in [0.15, 0.2) is 28.0 Å². The summed E-state index contributed by atoms with van der Waals surface area (Å²) >= 11 is 0. The fourth-order valence-electron chi connectivity index (χ4n) is 1.01. The second-order valence-corrected chi connectivity index (χ2v) is 7.19. The average Bonchev–Trinajstić information content (AvgIpc) is 2.26. The largest absolute Gasteiger partial charge is 0.501 e. The van der Waals surface area contributed by atoms with Gasteiger partial charge in [-0.2, -0.15) is 26.3 Å². The van der Waals surface area contributed by atoms with E-state index in [-0.39, 0.29) is 18.2 Å². The summed E-state index contributed by atoms with van der Waals surface area (Å²) in [6.07, 6.45) is 0. The van der Waals surface area contributed by atoms with Crippen molar-refractivity contribution in [1.29, 1.82) is 0 Å². The van der Waals surface area contributed by atoms with Crippen molar-refractivity contribution in [1.82, 2.24) is 0 Å². The molecule has 1 aromatic rings. The van der Waals surface area contributed by atoms with Gasteiger partial charge < -0.3 is 0 Å². The zero-order valence-electron chi connectivity index (χ0n) is 8.95. The zero-order chi connectivity index (χ0) is 16.0. The molecule has 1 rings (SSSR count). The lowest BCUT2D eigenvalue weighted by molar-refractivity contribution is -0.0438. The highest BCUT2D eigenvalue weighted by molar-refractivity contribution is 7.93. The van der Waals surface area contributed by atoms with Crippen molar-refractivity contribution in [3.05, 3.63) is 24.3 Å². The van der Waals surface area contributed by atoms with Crippen LogP contribution in [-0.2, 0) is 19.7 Å². The number of hydrogen-bond donors (Lipinski definition) is 0. The molecule has 0 bridgehead atoms. The van der Waals surface area contributed by atoms with Gasteiger partial charge >= 0.3 is 11.0 Å². The van der Waals surface area contributed by atoms with Crippen LogP contribution < -0.4 is 0 Å². The molecule has 0 fully saturated rings. The Morgan fingerprint density at radius 2 is 1.05 bits per heavy atom. The predicted octanol–water partition coefficient (Wildman–Crippen LogP) is 2.07. The van der Waals surface area contributed by atoms with Crippen LogP contribution in [0.1, 0.15) is 0 Å². The van der Waals surface area contributed by atoms with Gasteiger partial charge in [-0.3, -0.25) is 0 Å². The highest BCUT2D eigenvalue weighted by atomic mass is 32.2. The van der Waals surface area contributed by atoms with Crippen molar-refractivity contribution in [2.75, 3.05) is 0 Å². The molecule has 0 atom stereocenters. The standard InChI is InChI=1S/C8H3F6O4S2/c9-7(10,11)19(15,16)5-2-1-3-6(4-5)20(17,18)8(12,13)14/h2-4H. The van der Waals surface area contributed by atoms with E-state index >= 15 is 0 Å². The quantitative estimate of drug-likeness (QED) is 0.773. The smallest absolute Gasteiger partial charge is 0.214 e. The van der Waals surface area contributed by atoms with Gasteiger partial charge in [0.25, 0.3) is 19.7 Å². The molecule has 0 N–H and O–H groups in total. The molecule has 0 saturated carbocycles. The van der Waals surface area contributed by atoms with Crippen LogP contribution in [-0.4, -0.2) is 27.9 Å². The Morgan fingerprint density at radius 1 is 0.750 bits per heavy atom. The van der Waals surface area contributed by atoms with Crippen molar-refractivity contribution in [2.24, 2.45) is 0 Å². The molecule has 1 radical (unpaired) electrons. The van der Waals surface area contributed by atoms with Crippen LogP contribution in [0.3, 0.4) is 0 Å². The van der Waals surface area contributed by atoms with E-state index in [0.29, 0.717) is 0 Å². The van der Waals surface area contributed by atoms with Gasteiger partial charge in [0.05, 0.1) is 9.79 Å². The predicted molar refractivity (Wildman–Crippen MR) is 51.8 cm³/mol. The molecule has 0 heterocycles. The van der Waals surface area contributed by atoms with Crippen molar-refractivity contribution >= 4 is 19.7 Å². The van der Waals surface area contributed by atoms with E-state index in [9.17, 15) is 43.2 Å². The molecular weight excluding hydrogens is 338 g/mol.